The third-order valence-electron chi connectivity index (χ3n) is 3.82. The van der Waals surface area contributed by atoms with Crippen molar-refractivity contribution < 1.29 is 9.47 Å². The van der Waals surface area contributed by atoms with Gasteiger partial charge in [0.15, 0.2) is 0 Å². The average Bonchev–Trinajstić information content (AvgIpc) is 2.99. The lowest BCUT2D eigenvalue weighted by Gasteiger charge is -2.19. The number of hydrogen-bond acceptors (Lipinski definition) is 3. The van der Waals surface area contributed by atoms with E-state index < -0.39 is 0 Å². The lowest BCUT2D eigenvalue weighted by Crippen LogP contribution is -2.22. The molecule has 0 fully saturated rings. The highest BCUT2D eigenvalue weighted by Crippen LogP contribution is 2.18. The second-order valence-electron chi connectivity index (χ2n) is 8.99. The van der Waals surface area contributed by atoms with Gasteiger partial charge in [-0.2, -0.15) is 5.10 Å². The third kappa shape index (κ3) is 7.71. The molecule has 0 aliphatic carbocycles. The Morgan fingerprint density at radius 1 is 0.923 bits per heavy atom. The number of aromatic nitrogens is 2. The van der Waals surface area contributed by atoms with Crippen LogP contribution in [0.15, 0.2) is 36.5 Å². The molecule has 2 aromatic rings. The molecule has 0 radical (unpaired) electrons. The molecule has 144 valence electrons. The lowest BCUT2D eigenvalue weighted by molar-refractivity contribution is -0.00787. The molecule has 0 amide bonds. The van der Waals surface area contributed by atoms with Crippen molar-refractivity contribution in [3.63, 3.8) is 0 Å². The van der Waals surface area contributed by atoms with Crippen LogP contribution in [0.5, 0.6) is 0 Å². The van der Waals surface area contributed by atoms with Gasteiger partial charge in [0.2, 0.25) is 0 Å². The number of rotatable bonds is 8. The van der Waals surface area contributed by atoms with E-state index in [1.807, 2.05) is 10.9 Å². The van der Waals surface area contributed by atoms with Crippen molar-refractivity contribution in [1.29, 1.82) is 0 Å². The first-order valence-corrected chi connectivity index (χ1v) is 9.47. The Morgan fingerprint density at radius 3 is 2.23 bits per heavy atom. The average molecular weight is 359 g/mol. The first kappa shape index (κ1) is 20.7. The van der Waals surface area contributed by atoms with Gasteiger partial charge < -0.3 is 9.47 Å². The van der Waals surface area contributed by atoms with E-state index in [9.17, 15) is 0 Å². The highest BCUT2D eigenvalue weighted by molar-refractivity contribution is 5.58. The third-order valence-corrected chi connectivity index (χ3v) is 3.82. The van der Waals surface area contributed by atoms with Crippen LogP contribution in [0.25, 0.3) is 11.3 Å². The van der Waals surface area contributed by atoms with Gasteiger partial charge in [0.1, 0.15) is 0 Å². The largest absolute Gasteiger partial charge is 0.381 e. The van der Waals surface area contributed by atoms with Crippen molar-refractivity contribution in [2.24, 2.45) is 5.41 Å². The van der Waals surface area contributed by atoms with Crippen LogP contribution in [-0.2, 0) is 22.4 Å². The maximum atomic E-state index is 5.76. The molecule has 0 bridgehead atoms. The summed E-state index contributed by atoms with van der Waals surface area (Å²) in [6.07, 6.45) is 2.95. The van der Waals surface area contributed by atoms with Crippen molar-refractivity contribution in [3.05, 3.63) is 42.1 Å². The number of nitrogens with zero attached hydrogens (tertiary/aromatic N) is 2. The van der Waals surface area contributed by atoms with Crippen LogP contribution in [0.1, 0.15) is 47.1 Å². The second-order valence-corrected chi connectivity index (χ2v) is 8.99. The van der Waals surface area contributed by atoms with E-state index in [1.54, 1.807) is 0 Å². The molecule has 4 heteroatoms. The fourth-order valence-electron chi connectivity index (χ4n) is 2.50. The van der Waals surface area contributed by atoms with Gasteiger partial charge in [0.05, 0.1) is 37.7 Å². The lowest BCUT2D eigenvalue weighted by atomic mass is 9.99. The number of benzene rings is 1. The Balaban J connectivity index is 1.82. The van der Waals surface area contributed by atoms with Gasteiger partial charge in [-0.05, 0) is 44.2 Å². The molecule has 0 atom stereocenters. The van der Waals surface area contributed by atoms with Gasteiger partial charge in [-0.3, -0.25) is 4.68 Å². The molecular weight excluding hydrogens is 324 g/mol. The smallest absolute Gasteiger partial charge is 0.0923 e. The zero-order valence-corrected chi connectivity index (χ0v) is 17.2. The van der Waals surface area contributed by atoms with Crippen molar-refractivity contribution in [1.82, 2.24) is 9.78 Å². The second kappa shape index (κ2) is 8.83. The van der Waals surface area contributed by atoms with E-state index in [4.69, 9.17) is 9.47 Å². The fourth-order valence-corrected chi connectivity index (χ4v) is 2.50. The van der Waals surface area contributed by atoms with Crippen LogP contribution >= 0.6 is 0 Å². The number of hydrogen-bond donors (Lipinski definition) is 0. The first-order valence-electron chi connectivity index (χ1n) is 9.47. The van der Waals surface area contributed by atoms with Gasteiger partial charge in [0, 0.05) is 11.8 Å². The van der Waals surface area contributed by atoms with E-state index >= 15 is 0 Å². The molecule has 0 unspecified atom stereocenters. The normalized spacial score (nSPS) is 12.5. The standard InChI is InChI=1S/C22H34N2O2/c1-21(2,3)17-25-15-12-18-7-9-19(10-8-18)20-11-13-24(23-20)14-16-26-22(4,5)6/h7-11,13H,12,14-17H2,1-6H3. The molecule has 0 saturated heterocycles. The highest BCUT2D eigenvalue weighted by Gasteiger charge is 2.11. The maximum Gasteiger partial charge on any atom is 0.0923 e. The van der Waals surface area contributed by atoms with E-state index in [2.05, 4.69) is 77.0 Å². The summed E-state index contributed by atoms with van der Waals surface area (Å²) >= 11 is 0. The Morgan fingerprint density at radius 2 is 1.62 bits per heavy atom. The van der Waals surface area contributed by atoms with E-state index in [0.717, 1.165) is 37.4 Å². The summed E-state index contributed by atoms with van der Waals surface area (Å²) in [5, 5.41) is 4.64. The molecule has 1 heterocycles. The summed E-state index contributed by atoms with van der Waals surface area (Å²) in [4.78, 5) is 0. The van der Waals surface area contributed by atoms with E-state index in [0.29, 0.717) is 6.61 Å². The maximum absolute atomic E-state index is 5.76. The van der Waals surface area contributed by atoms with Crippen molar-refractivity contribution in [2.45, 2.75) is 60.1 Å². The minimum atomic E-state index is -0.109. The predicted octanol–water partition coefficient (Wildman–Crippen LogP) is 4.97. The first-order chi connectivity index (χ1) is 12.1. The molecule has 1 aromatic carbocycles. The molecule has 0 saturated carbocycles. The Bertz CT molecular complexity index is 661. The van der Waals surface area contributed by atoms with Crippen molar-refractivity contribution in [3.8, 4) is 11.3 Å². The molecule has 0 N–H and O–H groups in total. The summed E-state index contributed by atoms with van der Waals surface area (Å²) in [5.74, 6) is 0. The zero-order chi connectivity index (χ0) is 19.2. The fraction of sp³-hybridized carbons (Fsp3) is 0.591. The van der Waals surface area contributed by atoms with Crippen LogP contribution in [-0.4, -0.2) is 35.2 Å². The summed E-state index contributed by atoms with van der Waals surface area (Å²) in [6.45, 7) is 15.8. The summed E-state index contributed by atoms with van der Waals surface area (Å²) in [5.41, 5.74) is 3.54. The van der Waals surface area contributed by atoms with Gasteiger partial charge >= 0.3 is 0 Å². The Hall–Kier alpha value is -1.65. The molecule has 0 aliphatic heterocycles. The molecule has 26 heavy (non-hydrogen) atoms. The van der Waals surface area contributed by atoms with Gasteiger partial charge in [-0.25, -0.2) is 0 Å². The summed E-state index contributed by atoms with van der Waals surface area (Å²) in [6, 6.07) is 10.7. The molecule has 2 rings (SSSR count). The SMILES string of the molecule is CC(C)(C)COCCc1ccc(-c2ccn(CCOC(C)(C)C)n2)cc1. The van der Waals surface area contributed by atoms with E-state index in [1.165, 1.54) is 5.56 Å². The van der Waals surface area contributed by atoms with Crippen LogP contribution in [0.4, 0.5) is 0 Å². The molecule has 0 aliphatic rings. The van der Waals surface area contributed by atoms with Gasteiger partial charge in [-0.1, -0.05) is 45.0 Å². The topological polar surface area (TPSA) is 36.3 Å². The van der Waals surface area contributed by atoms with Gasteiger partial charge in [-0.15, -0.1) is 0 Å². The van der Waals surface area contributed by atoms with Crippen LogP contribution in [0.2, 0.25) is 0 Å². The van der Waals surface area contributed by atoms with Crippen LogP contribution < -0.4 is 0 Å². The molecular formula is C22H34N2O2. The molecule has 4 nitrogen and oxygen atoms in total. The van der Waals surface area contributed by atoms with Crippen LogP contribution in [0, 0.1) is 5.41 Å². The highest BCUT2D eigenvalue weighted by atomic mass is 16.5. The molecule has 0 spiro atoms. The van der Waals surface area contributed by atoms with Crippen molar-refractivity contribution in [2.75, 3.05) is 19.8 Å². The summed E-state index contributed by atoms with van der Waals surface area (Å²) < 4.78 is 13.5. The number of ether oxygens (including phenoxy) is 2. The van der Waals surface area contributed by atoms with E-state index in [-0.39, 0.29) is 11.0 Å². The quantitative estimate of drug-likeness (QED) is 0.625. The minimum Gasteiger partial charge on any atom is -0.381 e. The van der Waals surface area contributed by atoms with Gasteiger partial charge in [0.25, 0.3) is 0 Å². The summed E-state index contributed by atoms with van der Waals surface area (Å²) in [7, 11) is 0. The van der Waals surface area contributed by atoms with Crippen molar-refractivity contribution >= 4 is 0 Å². The van der Waals surface area contributed by atoms with Crippen LogP contribution in [0.3, 0.4) is 0 Å². The Labute approximate surface area is 158 Å². The molecule has 1 aromatic heterocycles. The predicted molar refractivity (Wildman–Crippen MR) is 107 cm³/mol. The zero-order valence-electron chi connectivity index (χ0n) is 17.2. The Kier molecular flexibility index (Phi) is 7.01. The minimum absolute atomic E-state index is 0.109. The monoisotopic (exact) mass is 358 g/mol.